The summed E-state index contributed by atoms with van der Waals surface area (Å²) in [7, 11) is 1.71. The van der Waals surface area contributed by atoms with Crippen molar-refractivity contribution in [2.45, 2.75) is 37.3 Å². The van der Waals surface area contributed by atoms with Crippen LogP contribution in [0.25, 0.3) is 0 Å². The number of ether oxygens (including phenoxy) is 4. The smallest absolute Gasteiger partial charge is 0.184 e. The molecule has 3 aliphatic heterocycles. The summed E-state index contributed by atoms with van der Waals surface area (Å²) in [6.07, 6.45) is 0.543. The highest BCUT2D eigenvalue weighted by molar-refractivity contribution is 5.17. The average molecular weight is 291 g/mol. The second kappa shape index (κ2) is 5.66. The standard InChI is InChI=1S/C16H21NO4/c1-18-16-11-7-8-17-13(11)14-12(20-16)9-19-15(21-14)10-5-3-2-4-6-10/h2-6,11-17H,7-9H2,1H3/t11-,12-,13+,14-,15-,16+/m1/s1. The van der Waals surface area contributed by atoms with Crippen molar-refractivity contribution in [3.8, 4) is 0 Å². The van der Waals surface area contributed by atoms with E-state index >= 15 is 0 Å². The van der Waals surface area contributed by atoms with Gasteiger partial charge >= 0.3 is 0 Å². The average Bonchev–Trinajstić information content (AvgIpc) is 3.04. The Morgan fingerprint density at radius 3 is 2.86 bits per heavy atom. The van der Waals surface area contributed by atoms with E-state index in [-0.39, 0.29) is 30.8 Å². The van der Waals surface area contributed by atoms with Crippen LogP contribution in [0, 0.1) is 5.92 Å². The van der Waals surface area contributed by atoms with Gasteiger partial charge in [-0.1, -0.05) is 30.3 Å². The molecule has 0 aromatic heterocycles. The zero-order valence-electron chi connectivity index (χ0n) is 12.1. The first kappa shape index (κ1) is 13.7. The number of benzene rings is 1. The van der Waals surface area contributed by atoms with E-state index in [1.54, 1.807) is 7.11 Å². The van der Waals surface area contributed by atoms with Crippen molar-refractivity contribution in [2.24, 2.45) is 5.92 Å². The highest BCUT2D eigenvalue weighted by Gasteiger charge is 2.51. The van der Waals surface area contributed by atoms with Gasteiger partial charge in [-0.3, -0.25) is 0 Å². The van der Waals surface area contributed by atoms with E-state index in [0.717, 1.165) is 18.5 Å². The van der Waals surface area contributed by atoms with Crippen molar-refractivity contribution >= 4 is 0 Å². The molecule has 0 spiro atoms. The Morgan fingerprint density at radius 2 is 2.05 bits per heavy atom. The molecule has 0 aliphatic carbocycles. The lowest BCUT2D eigenvalue weighted by Gasteiger charge is -2.47. The summed E-state index contributed by atoms with van der Waals surface area (Å²) in [5.41, 5.74) is 1.05. The van der Waals surface area contributed by atoms with Crippen LogP contribution in [-0.2, 0) is 18.9 Å². The Hall–Kier alpha value is -0.980. The van der Waals surface area contributed by atoms with Crippen LogP contribution in [-0.4, -0.2) is 44.8 Å². The summed E-state index contributed by atoms with van der Waals surface area (Å²) >= 11 is 0. The van der Waals surface area contributed by atoms with Gasteiger partial charge < -0.3 is 24.3 Å². The number of fused-ring (bicyclic) bond motifs is 3. The zero-order valence-corrected chi connectivity index (χ0v) is 12.1. The number of nitrogens with one attached hydrogen (secondary N) is 1. The minimum absolute atomic E-state index is 0.0165. The molecular weight excluding hydrogens is 270 g/mol. The van der Waals surface area contributed by atoms with Gasteiger partial charge in [0.15, 0.2) is 12.6 Å². The Bertz CT molecular complexity index is 482. The second-order valence-electron chi connectivity index (χ2n) is 5.89. The quantitative estimate of drug-likeness (QED) is 0.894. The number of hydrogen-bond donors (Lipinski definition) is 1. The van der Waals surface area contributed by atoms with E-state index in [1.807, 2.05) is 30.3 Å². The fourth-order valence-corrected chi connectivity index (χ4v) is 3.68. The van der Waals surface area contributed by atoms with Crippen LogP contribution in [0.5, 0.6) is 0 Å². The maximum Gasteiger partial charge on any atom is 0.184 e. The molecule has 114 valence electrons. The van der Waals surface area contributed by atoms with Crippen LogP contribution in [0.15, 0.2) is 30.3 Å². The molecule has 5 nitrogen and oxygen atoms in total. The summed E-state index contributed by atoms with van der Waals surface area (Å²) < 4.78 is 23.6. The van der Waals surface area contributed by atoms with Gasteiger partial charge in [-0.2, -0.15) is 0 Å². The first-order chi connectivity index (χ1) is 10.4. The van der Waals surface area contributed by atoms with Gasteiger partial charge in [-0.15, -0.1) is 0 Å². The number of rotatable bonds is 2. The maximum absolute atomic E-state index is 6.22. The fraction of sp³-hybridized carbons (Fsp3) is 0.625. The van der Waals surface area contributed by atoms with Crippen LogP contribution < -0.4 is 5.32 Å². The lowest BCUT2D eigenvalue weighted by atomic mass is 9.89. The van der Waals surface area contributed by atoms with Gasteiger partial charge in [0, 0.05) is 24.6 Å². The van der Waals surface area contributed by atoms with Crippen molar-refractivity contribution in [3.63, 3.8) is 0 Å². The Kier molecular flexibility index (Phi) is 3.69. The third kappa shape index (κ3) is 2.39. The van der Waals surface area contributed by atoms with Crippen molar-refractivity contribution in [1.82, 2.24) is 5.32 Å². The monoisotopic (exact) mass is 291 g/mol. The van der Waals surface area contributed by atoms with Crippen LogP contribution >= 0.6 is 0 Å². The largest absolute Gasteiger partial charge is 0.356 e. The molecule has 1 aromatic carbocycles. The highest BCUT2D eigenvalue weighted by Crippen LogP contribution is 2.39. The molecule has 3 saturated heterocycles. The van der Waals surface area contributed by atoms with Crippen LogP contribution in [0.4, 0.5) is 0 Å². The molecule has 6 atom stereocenters. The summed E-state index contributed by atoms with van der Waals surface area (Å²) in [5, 5.41) is 3.55. The molecule has 4 rings (SSSR count). The van der Waals surface area contributed by atoms with Crippen LogP contribution in [0.3, 0.4) is 0 Å². The molecule has 21 heavy (non-hydrogen) atoms. The minimum atomic E-state index is -0.307. The van der Waals surface area contributed by atoms with E-state index in [0.29, 0.717) is 12.5 Å². The van der Waals surface area contributed by atoms with Crippen LogP contribution in [0.1, 0.15) is 18.3 Å². The van der Waals surface area contributed by atoms with Gasteiger partial charge in [0.1, 0.15) is 12.2 Å². The Labute approximate surface area is 124 Å². The van der Waals surface area contributed by atoms with Gasteiger partial charge in [-0.25, -0.2) is 0 Å². The molecule has 3 fully saturated rings. The molecule has 1 N–H and O–H groups in total. The molecule has 3 aliphatic rings. The van der Waals surface area contributed by atoms with E-state index in [9.17, 15) is 0 Å². The second-order valence-corrected chi connectivity index (χ2v) is 5.89. The molecular formula is C16H21NO4. The molecule has 0 bridgehead atoms. The molecule has 5 heteroatoms. The maximum atomic E-state index is 6.22. The van der Waals surface area contributed by atoms with E-state index in [2.05, 4.69) is 5.32 Å². The third-order valence-corrected chi connectivity index (χ3v) is 4.69. The fourth-order valence-electron chi connectivity index (χ4n) is 3.68. The zero-order chi connectivity index (χ0) is 14.2. The SMILES string of the molecule is CO[C@H]1O[C@@H]2CO[C@@H](c3ccccc3)O[C@H]2[C@H]2NCC[C@@H]12. The van der Waals surface area contributed by atoms with E-state index in [1.165, 1.54) is 0 Å². The lowest BCUT2D eigenvalue weighted by Crippen LogP contribution is -2.61. The summed E-state index contributed by atoms with van der Waals surface area (Å²) in [6, 6.07) is 10.4. The van der Waals surface area contributed by atoms with Crippen molar-refractivity contribution < 1.29 is 18.9 Å². The molecule has 0 saturated carbocycles. The normalized spacial score (nSPS) is 42.3. The van der Waals surface area contributed by atoms with Crippen molar-refractivity contribution in [1.29, 1.82) is 0 Å². The summed E-state index contributed by atoms with van der Waals surface area (Å²) in [5.74, 6) is 0.353. The van der Waals surface area contributed by atoms with Crippen molar-refractivity contribution in [3.05, 3.63) is 35.9 Å². The topological polar surface area (TPSA) is 49.0 Å². The predicted molar refractivity (Wildman–Crippen MR) is 75.6 cm³/mol. The van der Waals surface area contributed by atoms with Crippen LogP contribution in [0.2, 0.25) is 0 Å². The highest BCUT2D eigenvalue weighted by atomic mass is 16.7. The number of methoxy groups -OCH3 is 1. The first-order valence-corrected chi connectivity index (χ1v) is 7.60. The first-order valence-electron chi connectivity index (χ1n) is 7.60. The molecule has 0 amide bonds. The third-order valence-electron chi connectivity index (χ3n) is 4.69. The van der Waals surface area contributed by atoms with Gasteiger partial charge in [-0.05, 0) is 13.0 Å². The van der Waals surface area contributed by atoms with E-state index in [4.69, 9.17) is 18.9 Å². The minimum Gasteiger partial charge on any atom is -0.356 e. The molecule has 3 heterocycles. The number of hydrogen-bond acceptors (Lipinski definition) is 5. The molecule has 0 radical (unpaired) electrons. The lowest BCUT2D eigenvalue weighted by molar-refractivity contribution is -0.329. The molecule has 1 aromatic rings. The predicted octanol–water partition coefficient (Wildman–Crippen LogP) is 1.45. The Morgan fingerprint density at radius 1 is 1.19 bits per heavy atom. The van der Waals surface area contributed by atoms with Gasteiger partial charge in [0.25, 0.3) is 0 Å². The van der Waals surface area contributed by atoms with Crippen molar-refractivity contribution in [2.75, 3.05) is 20.3 Å². The Balaban J connectivity index is 1.54. The molecule has 0 unspecified atom stereocenters. The van der Waals surface area contributed by atoms with Gasteiger partial charge in [0.05, 0.1) is 6.61 Å². The summed E-state index contributed by atoms with van der Waals surface area (Å²) in [4.78, 5) is 0. The van der Waals surface area contributed by atoms with Gasteiger partial charge in [0.2, 0.25) is 0 Å². The van der Waals surface area contributed by atoms with E-state index < -0.39 is 0 Å². The summed E-state index contributed by atoms with van der Waals surface area (Å²) in [6.45, 7) is 1.52.